The van der Waals surface area contributed by atoms with Gasteiger partial charge in [-0.2, -0.15) is 0 Å². The number of hydrogen-bond acceptors (Lipinski definition) is 5. The van der Waals surface area contributed by atoms with Gasteiger partial charge in [0.2, 0.25) is 15.9 Å². The van der Waals surface area contributed by atoms with Gasteiger partial charge in [0, 0.05) is 6.20 Å². The zero-order chi connectivity index (χ0) is 17.6. The molecule has 128 valence electrons. The molecule has 1 unspecified atom stereocenters. The standard InChI is InChI=1S/C14H21N3O5S/c1-9(2)13(14(19)20)17-12(18)8-16-23(21,22)10(3)11-6-4-5-7-15-11/h4-7,9-10,13,16H,8H2,1-3H3,(H,17,18)(H,19,20)/t10?,13-/m0/s1. The SMILES string of the molecule is CC(C)[C@H](NC(=O)CNS(=O)(=O)C(C)c1ccccn1)C(=O)O. The molecule has 0 saturated heterocycles. The molecule has 9 heteroatoms. The van der Waals surface area contributed by atoms with Crippen LogP contribution in [0.3, 0.4) is 0 Å². The first-order chi connectivity index (χ1) is 10.6. The summed E-state index contributed by atoms with van der Waals surface area (Å²) < 4.78 is 26.5. The predicted octanol–water partition coefficient (Wildman–Crippen LogP) is 0.287. The van der Waals surface area contributed by atoms with E-state index in [2.05, 4.69) is 15.0 Å². The van der Waals surface area contributed by atoms with Crippen molar-refractivity contribution in [3.8, 4) is 0 Å². The fourth-order valence-corrected chi connectivity index (χ4v) is 2.84. The quantitative estimate of drug-likeness (QED) is 0.623. The van der Waals surface area contributed by atoms with Gasteiger partial charge in [0.15, 0.2) is 0 Å². The average molecular weight is 343 g/mol. The van der Waals surface area contributed by atoms with Crippen LogP contribution in [0.2, 0.25) is 0 Å². The van der Waals surface area contributed by atoms with E-state index in [4.69, 9.17) is 5.11 Å². The number of aliphatic carboxylic acids is 1. The zero-order valence-corrected chi connectivity index (χ0v) is 14.0. The van der Waals surface area contributed by atoms with E-state index in [1.807, 2.05) is 0 Å². The fraction of sp³-hybridized carbons (Fsp3) is 0.500. The molecule has 1 aromatic heterocycles. The number of sulfonamides is 1. The number of pyridine rings is 1. The second-order valence-electron chi connectivity index (χ2n) is 5.39. The Hall–Kier alpha value is -2.00. The third-order valence-corrected chi connectivity index (χ3v) is 4.97. The second kappa shape index (κ2) is 8.02. The number of rotatable bonds is 8. The van der Waals surface area contributed by atoms with Crippen molar-refractivity contribution in [2.75, 3.05) is 6.54 Å². The van der Waals surface area contributed by atoms with Crippen LogP contribution in [0.15, 0.2) is 24.4 Å². The lowest BCUT2D eigenvalue weighted by Gasteiger charge is -2.18. The maximum Gasteiger partial charge on any atom is 0.326 e. The van der Waals surface area contributed by atoms with E-state index in [0.717, 1.165) is 0 Å². The van der Waals surface area contributed by atoms with Crippen molar-refractivity contribution in [2.24, 2.45) is 5.92 Å². The molecular formula is C14H21N3O5S. The van der Waals surface area contributed by atoms with Gasteiger partial charge in [-0.1, -0.05) is 19.9 Å². The maximum absolute atomic E-state index is 12.1. The van der Waals surface area contributed by atoms with Crippen molar-refractivity contribution in [3.63, 3.8) is 0 Å². The van der Waals surface area contributed by atoms with Crippen LogP contribution in [-0.4, -0.2) is 43.0 Å². The highest BCUT2D eigenvalue weighted by Gasteiger charge is 2.26. The molecule has 1 aromatic rings. The summed E-state index contributed by atoms with van der Waals surface area (Å²) in [5, 5.41) is 10.3. The first kappa shape index (κ1) is 19.0. The van der Waals surface area contributed by atoms with Gasteiger partial charge in [0.1, 0.15) is 11.3 Å². The number of aromatic nitrogens is 1. The fourth-order valence-electron chi connectivity index (χ4n) is 1.80. The Kier molecular flexibility index (Phi) is 6.64. The Morgan fingerprint density at radius 1 is 1.26 bits per heavy atom. The first-order valence-electron chi connectivity index (χ1n) is 7.06. The highest BCUT2D eigenvalue weighted by Crippen LogP contribution is 2.17. The number of carbonyl (C=O) groups excluding carboxylic acids is 1. The lowest BCUT2D eigenvalue weighted by atomic mass is 10.1. The zero-order valence-electron chi connectivity index (χ0n) is 13.2. The smallest absolute Gasteiger partial charge is 0.326 e. The molecule has 0 saturated carbocycles. The third kappa shape index (κ3) is 5.61. The van der Waals surface area contributed by atoms with Gasteiger partial charge >= 0.3 is 5.97 Å². The summed E-state index contributed by atoms with van der Waals surface area (Å²) in [7, 11) is -3.81. The van der Waals surface area contributed by atoms with Gasteiger partial charge in [0.05, 0.1) is 12.2 Å². The van der Waals surface area contributed by atoms with Crippen LogP contribution in [0, 0.1) is 5.92 Å². The van der Waals surface area contributed by atoms with Crippen LogP contribution < -0.4 is 10.0 Å². The topological polar surface area (TPSA) is 125 Å². The largest absolute Gasteiger partial charge is 0.480 e. The van der Waals surface area contributed by atoms with Gasteiger partial charge in [-0.05, 0) is 25.0 Å². The summed E-state index contributed by atoms with van der Waals surface area (Å²) in [6.45, 7) is 4.21. The van der Waals surface area contributed by atoms with Crippen molar-refractivity contribution in [1.29, 1.82) is 0 Å². The van der Waals surface area contributed by atoms with Gasteiger partial charge < -0.3 is 10.4 Å². The molecule has 0 spiro atoms. The molecule has 0 fully saturated rings. The summed E-state index contributed by atoms with van der Waals surface area (Å²) in [5.74, 6) is -2.19. The summed E-state index contributed by atoms with van der Waals surface area (Å²) in [5.41, 5.74) is 0.353. The number of nitrogens with zero attached hydrogens (tertiary/aromatic N) is 1. The second-order valence-corrected chi connectivity index (χ2v) is 7.48. The molecule has 1 heterocycles. The molecule has 3 N–H and O–H groups in total. The molecule has 23 heavy (non-hydrogen) atoms. The van der Waals surface area contributed by atoms with Crippen LogP contribution in [0.4, 0.5) is 0 Å². The number of hydrogen-bond donors (Lipinski definition) is 3. The van der Waals surface area contributed by atoms with E-state index in [1.165, 1.54) is 13.1 Å². The summed E-state index contributed by atoms with van der Waals surface area (Å²) in [4.78, 5) is 26.7. The Labute approximate surface area is 135 Å². The average Bonchev–Trinajstić information content (AvgIpc) is 2.50. The number of carboxylic acid groups (broad SMARTS) is 1. The van der Waals surface area contributed by atoms with Gasteiger partial charge in [-0.25, -0.2) is 17.9 Å². The van der Waals surface area contributed by atoms with Crippen LogP contribution in [0.1, 0.15) is 31.7 Å². The van der Waals surface area contributed by atoms with E-state index < -0.39 is 39.7 Å². The normalized spacial score (nSPS) is 14.3. The lowest BCUT2D eigenvalue weighted by molar-refractivity contribution is -0.142. The highest BCUT2D eigenvalue weighted by molar-refractivity contribution is 7.89. The Bertz CT molecular complexity index is 646. The Balaban J connectivity index is 2.66. The van der Waals surface area contributed by atoms with Crippen LogP contribution in [0.5, 0.6) is 0 Å². The van der Waals surface area contributed by atoms with Crippen molar-refractivity contribution in [2.45, 2.75) is 32.1 Å². The van der Waals surface area contributed by atoms with Crippen molar-refractivity contribution in [1.82, 2.24) is 15.0 Å². The monoisotopic (exact) mass is 343 g/mol. The molecule has 2 atom stereocenters. The third-order valence-electron chi connectivity index (χ3n) is 3.25. The minimum atomic E-state index is -3.81. The minimum Gasteiger partial charge on any atom is -0.480 e. The lowest BCUT2D eigenvalue weighted by Crippen LogP contribution is -2.48. The maximum atomic E-state index is 12.1. The summed E-state index contributed by atoms with van der Waals surface area (Å²) in [6.07, 6.45) is 1.48. The van der Waals surface area contributed by atoms with Gasteiger partial charge in [-0.3, -0.25) is 9.78 Å². The molecule has 1 rings (SSSR count). The number of carboxylic acids is 1. The van der Waals surface area contributed by atoms with E-state index in [0.29, 0.717) is 5.69 Å². The number of nitrogens with one attached hydrogen (secondary N) is 2. The molecular weight excluding hydrogens is 322 g/mol. The molecule has 8 nitrogen and oxygen atoms in total. The molecule has 0 aliphatic rings. The molecule has 1 amide bonds. The predicted molar refractivity (Wildman–Crippen MR) is 84.0 cm³/mol. The van der Waals surface area contributed by atoms with Gasteiger partial charge in [-0.15, -0.1) is 0 Å². The number of amides is 1. The van der Waals surface area contributed by atoms with Crippen LogP contribution >= 0.6 is 0 Å². The minimum absolute atomic E-state index is 0.319. The molecule has 0 aliphatic heterocycles. The van der Waals surface area contributed by atoms with Crippen molar-refractivity contribution in [3.05, 3.63) is 30.1 Å². The molecule has 0 aromatic carbocycles. The van der Waals surface area contributed by atoms with Crippen molar-refractivity contribution < 1.29 is 23.1 Å². The first-order valence-corrected chi connectivity index (χ1v) is 8.61. The van der Waals surface area contributed by atoms with E-state index >= 15 is 0 Å². The number of carbonyl (C=O) groups is 2. The van der Waals surface area contributed by atoms with Gasteiger partial charge in [0.25, 0.3) is 0 Å². The van der Waals surface area contributed by atoms with E-state index in [-0.39, 0.29) is 5.92 Å². The van der Waals surface area contributed by atoms with E-state index in [1.54, 1.807) is 32.0 Å². The highest BCUT2D eigenvalue weighted by atomic mass is 32.2. The Morgan fingerprint density at radius 3 is 2.39 bits per heavy atom. The summed E-state index contributed by atoms with van der Waals surface area (Å²) >= 11 is 0. The molecule has 0 bridgehead atoms. The van der Waals surface area contributed by atoms with E-state index in [9.17, 15) is 18.0 Å². The van der Waals surface area contributed by atoms with Crippen LogP contribution in [0.25, 0.3) is 0 Å². The summed E-state index contributed by atoms with van der Waals surface area (Å²) in [6, 6.07) is 3.84. The van der Waals surface area contributed by atoms with Crippen molar-refractivity contribution >= 4 is 21.9 Å². The Morgan fingerprint density at radius 2 is 1.91 bits per heavy atom. The molecule has 0 aliphatic carbocycles. The molecule has 0 radical (unpaired) electrons. The van der Waals surface area contributed by atoms with Crippen LogP contribution in [-0.2, 0) is 19.6 Å².